The molecule has 2 aromatic rings. The Kier molecular flexibility index (Phi) is 7.29. The Hall–Kier alpha value is -2.83. The van der Waals surface area contributed by atoms with Gasteiger partial charge in [-0.3, -0.25) is 9.48 Å². The number of rotatable bonds is 5. The molecule has 5 rings (SSSR count). The minimum atomic E-state index is -4.55. The van der Waals surface area contributed by atoms with E-state index in [1.54, 1.807) is 16.0 Å². The van der Waals surface area contributed by atoms with E-state index in [-0.39, 0.29) is 35.6 Å². The van der Waals surface area contributed by atoms with Crippen LogP contribution in [0.25, 0.3) is 11.3 Å². The van der Waals surface area contributed by atoms with Crippen molar-refractivity contribution in [3.8, 4) is 11.3 Å². The van der Waals surface area contributed by atoms with Crippen molar-refractivity contribution in [3.05, 3.63) is 23.7 Å². The van der Waals surface area contributed by atoms with Gasteiger partial charge in [0.15, 0.2) is 5.69 Å². The minimum Gasteiger partial charge on any atom is -0.341 e. The molecule has 1 amide bonds. The van der Waals surface area contributed by atoms with Crippen LogP contribution in [-0.2, 0) is 17.5 Å². The Morgan fingerprint density at radius 1 is 1.09 bits per heavy atom. The molecule has 2 aliphatic heterocycles. The number of piperazine rings is 1. The average molecular weight is 487 g/mol. The van der Waals surface area contributed by atoms with E-state index >= 15 is 0 Å². The number of nitrogens with one attached hydrogen (secondary N) is 1. The smallest absolute Gasteiger partial charge is 0.341 e. The summed E-state index contributed by atoms with van der Waals surface area (Å²) in [7, 11) is 0. The number of anilines is 1. The maximum Gasteiger partial charge on any atom is 0.433 e. The summed E-state index contributed by atoms with van der Waals surface area (Å²) in [6.07, 6.45) is 0.865. The highest BCUT2D eigenvalue weighted by Gasteiger charge is 2.43. The molecule has 3 fully saturated rings. The number of hydrogen-bond acceptors (Lipinski definition) is 6. The first-order valence-electron chi connectivity index (χ1n) is 11.2. The van der Waals surface area contributed by atoms with Crippen molar-refractivity contribution in [3.63, 3.8) is 0 Å². The van der Waals surface area contributed by atoms with Gasteiger partial charge in [-0.2, -0.15) is 18.3 Å². The molecule has 0 atom stereocenters. The van der Waals surface area contributed by atoms with E-state index in [4.69, 9.17) is 0 Å². The topological polar surface area (TPSA) is 79.2 Å². The molecule has 3 aliphatic rings. The van der Waals surface area contributed by atoms with Gasteiger partial charge in [0.05, 0.1) is 11.9 Å². The SMILES string of the molecule is FCF.O=C(Cn1cc(-c2nc(N3CCC3)nc(C(F)(F)F)c2C2CC2)cn1)N1CCNCC1. The number of alkyl halides is 5. The van der Waals surface area contributed by atoms with Gasteiger partial charge in [0.1, 0.15) is 6.54 Å². The van der Waals surface area contributed by atoms with Crippen molar-refractivity contribution in [2.24, 2.45) is 0 Å². The second-order valence-electron chi connectivity index (χ2n) is 8.41. The second kappa shape index (κ2) is 10.2. The molecule has 4 heterocycles. The number of amides is 1. The Labute approximate surface area is 193 Å². The summed E-state index contributed by atoms with van der Waals surface area (Å²) in [4.78, 5) is 24.5. The fourth-order valence-electron chi connectivity index (χ4n) is 4.04. The molecule has 1 N–H and O–H groups in total. The summed E-state index contributed by atoms with van der Waals surface area (Å²) < 4.78 is 62.4. The molecular formula is C21H26F5N7O. The van der Waals surface area contributed by atoms with Crippen LogP contribution in [0, 0.1) is 0 Å². The van der Waals surface area contributed by atoms with E-state index in [1.807, 2.05) is 0 Å². The summed E-state index contributed by atoms with van der Waals surface area (Å²) in [6.45, 7) is 2.38. The molecule has 13 heteroatoms. The predicted molar refractivity (Wildman–Crippen MR) is 114 cm³/mol. The molecule has 186 valence electrons. The largest absolute Gasteiger partial charge is 0.433 e. The van der Waals surface area contributed by atoms with Crippen molar-refractivity contribution in [1.29, 1.82) is 0 Å². The van der Waals surface area contributed by atoms with Crippen molar-refractivity contribution in [2.45, 2.75) is 37.9 Å². The van der Waals surface area contributed by atoms with Crippen LogP contribution in [-0.4, -0.2) is 76.8 Å². The number of halogens is 5. The van der Waals surface area contributed by atoms with E-state index in [2.05, 4.69) is 20.4 Å². The van der Waals surface area contributed by atoms with E-state index in [0.29, 0.717) is 44.6 Å². The van der Waals surface area contributed by atoms with Crippen molar-refractivity contribution in [2.75, 3.05) is 51.1 Å². The minimum absolute atomic E-state index is 0.0506. The maximum atomic E-state index is 13.9. The Morgan fingerprint density at radius 2 is 1.76 bits per heavy atom. The first-order chi connectivity index (χ1) is 16.3. The summed E-state index contributed by atoms with van der Waals surface area (Å²) >= 11 is 0. The second-order valence-corrected chi connectivity index (χ2v) is 8.41. The molecule has 1 aliphatic carbocycles. The summed E-state index contributed by atoms with van der Waals surface area (Å²) in [5, 5.41) is 7.44. The van der Waals surface area contributed by atoms with Gasteiger partial charge in [0, 0.05) is 56.6 Å². The lowest BCUT2D eigenvalue weighted by Crippen LogP contribution is -2.47. The zero-order valence-corrected chi connectivity index (χ0v) is 18.5. The van der Waals surface area contributed by atoms with E-state index < -0.39 is 18.8 Å². The molecule has 2 aromatic heterocycles. The zero-order valence-electron chi connectivity index (χ0n) is 18.5. The first kappa shape index (κ1) is 24.3. The summed E-state index contributed by atoms with van der Waals surface area (Å²) in [5.41, 5.74) is 0.0913. The summed E-state index contributed by atoms with van der Waals surface area (Å²) in [5.74, 6) is -0.135. The lowest BCUT2D eigenvalue weighted by molar-refractivity contribution is -0.141. The molecule has 0 bridgehead atoms. The highest BCUT2D eigenvalue weighted by atomic mass is 19.4. The monoisotopic (exact) mass is 487 g/mol. The Balaban J connectivity index is 0.000000868. The molecule has 8 nitrogen and oxygen atoms in total. The number of hydrogen-bond donors (Lipinski definition) is 1. The normalized spacial score (nSPS) is 18.3. The highest BCUT2D eigenvalue weighted by Crippen LogP contribution is 2.49. The van der Waals surface area contributed by atoms with Crippen LogP contribution in [0.4, 0.5) is 27.9 Å². The molecular weight excluding hydrogens is 461 g/mol. The Morgan fingerprint density at radius 3 is 2.32 bits per heavy atom. The van der Waals surface area contributed by atoms with Gasteiger partial charge in [-0.05, 0) is 25.2 Å². The van der Waals surface area contributed by atoms with E-state index in [1.165, 1.54) is 10.9 Å². The summed E-state index contributed by atoms with van der Waals surface area (Å²) in [6, 6.07) is 0. The van der Waals surface area contributed by atoms with E-state index in [0.717, 1.165) is 19.5 Å². The fourth-order valence-corrected chi connectivity index (χ4v) is 4.04. The van der Waals surface area contributed by atoms with Crippen LogP contribution < -0.4 is 10.2 Å². The van der Waals surface area contributed by atoms with Crippen molar-refractivity contribution < 1.29 is 26.7 Å². The van der Waals surface area contributed by atoms with E-state index in [9.17, 15) is 26.7 Å². The molecule has 34 heavy (non-hydrogen) atoms. The van der Waals surface area contributed by atoms with Gasteiger partial charge < -0.3 is 15.1 Å². The van der Waals surface area contributed by atoms with Gasteiger partial charge in [-0.15, -0.1) is 0 Å². The van der Waals surface area contributed by atoms with Gasteiger partial charge in [0.25, 0.3) is 0 Å². The Bertz CT molecular complexity index is 998. The van der Waals surface area contributed by atoms with Crippen LogP contribution in [0.1, 0.15) is 36.4 Å². The fraction of sp³-hybridized carbons (Fsp3) is 0.619. The first-order valence-corrected chi connectivity index (χ1v) is 11.2. The standard InChI is InChI=1S/C20H24F3N7O.CH2F2/c21-20(22,23)18-16(13-2-3-13)17(26-19(27-18)29-6-1-7-29)14-10-25-30(11-14)12-15(31)28-8-4-24-5-9-28;2-1-3/h10-11,13,24H,1-9,12H2;1H2. The molecule has 0 aromatic carbocycles. The van der Waals surface area contributed by atoms with Crippen LogP contribution in [0.15, 0.2) is 12.4 Å². The van der Waals surface area contributed by atoms with Crippen LogP contribution in [0.2, 0.25) is 0 Å². The van der Waals surface area contributed by atoms with Crippen LogP contribution in [0.5, 0.6) is 0 Å². The van der Waals surface area contributed by atoms with Crippen LogP contribution >= 0.6 is 0 Å². The quantitative estimate of drug-likeness (QED) is 0.654. The molecule has 0 radical (unpaired) electrons. The number of carbonyl (C=O) groups excluding carboxylic acids is 1. The lowest BCUT2D eigenvalue weighted by atomic mass is 10.0. The third-order valence-corrected chi connectivity index (χ3v) is 6.00. The molecule has 1 saturated carbocycles. The highest BCUT2D eigenvalue weighted by molar-refractivity contribution is 5.76. The van der Waals surface area contributed by atoms with Crippen LogP contribution in [0.3, 0.4) is 0 Å². The molecule has 2 saturated heterocycles. The molecule has 0 spiro atoms. The van der Waals surface area contributed by atoms with Crippen molar-refractivity contribution >= 4 is 11.9 Å². The number of nitrogens with zero attached hydrogens (tertiary/aromatic N) is 6. The molecule has 0 unspecified atom stereocenters. The predicted octanol–water partition coefficient (Wildman–Crippen LogP) is 2.76. The zero-order chi connectivity index (χ0) is 24.3. The third kappa shape index (κ3) is 5.45. The average Bonchev–Trinajstić information content (AvgIpc) is 3.51. The third-order valence-electron chi connectivity index (χ3n) is 6.00. The van der Waals surface area contributed by atoms with Gasteiger partial charge in [-0.1, -0.05) is 0 Å². The number of aromatic nitrogens is 4. The van der Waals surface area contributed by atoms with Gasteiger partial charge >= 0.3 is 6.18 Å². The number of carbonyl (C=O) groups is 1. The van der Waals surface area contributed by atoms with Gasteiger partial charge in [-0.25, -0.2) is 18.7 Å². The lowest BCUT2D eigenvalue weighted by Gasteiger charge is -2.32. The maximum absolute atomic E-state index is 13.9. The van der Waals surface area contributed by atoms with Crippen molar-refractivity contribution in [1.82, 2.24) is 30.0 Å². The van der Waals surface area contributed by atoms with Gasteiger partial charge in [0.2, 0.25) is 18.8 Å².